The molecule has 7 heteroatoms. The third-order valence-corrected chi connectivity index (χ3v) is 5.44. The highest BCUT2D eigenvalue weighted by Gasteiger charge is 2.13. The van der Waals surface area contributed by atoms with Crippen LogP contribution in [0.4, 0.5) is 0 Å². The van der Waals surface area contributed by atoms with Crippen LogP contribution in [0.25, 0.3) is 10.2 Å². The van der Waals surface area contributed by atoms with Crippen molar-refractivity contribution >= 4 is 27.5 Å². The Bertz CT molecular complexity index is 997. The Labute approximate surface area is 156 Å². The lowest BCUT2D eigenvalue weighted by Gasteiger charge is -2.07. The molecule has 0 N–H and O–H groups in total. The number of aromatic nitrogens is 3. The molecule has 1 aromatic carbocycles. The van der Waals surface area contributed by atoms with E-state index in [1.54, 1.807) is 28.3 Å². The lowest BCUT2D eigenvalue weighted by atomic mass is 10.1. The van der Waals surface area contributed by atoms with Crippen LogP contribution >= 0.6 is 11.3 Å². The van der Waals surface area contributed by atoms with Crippen molar-refractivity contribution in [3.8, 4) is 0 Å². The summed E-state index contributed by atoms with van der Waals surface area (Å²) in [6.07, 6.45) is 1.63. The number of thiazole rings is 1. The second-order valence-electron chi connectivity index (χ2n) is 6.11. The van der Waals surface area contributed by atoms with Crippen molar-refractivity contribution in [3.05, 3.63) is 46.0 Å². The van der Waals surface area contributed by atoms with Gasteiger partial charge in [0.1, 0.15) is 5.69 Å². The average Bonchev–Trinajstić information content (AvgIpc) is 3.21. The van der Waals surface area contributed by atoms with Crippen molar-refractivity contribution < 1.29 is 9.53 Å². The molecule has 0 atom stereocenters. The Morgan fingerprint density at radius 1 is 1.31 bits per heavy atom. The van der Waals surface area contributed by atoms with E-state index in [-0.39, 0.29) is 5.91 Å². The smallest absolute Gasteiger partial charge is 0.297 e. The highest BCUT2D eigenvalue weighted by molar-refractivity contribution is 7.16. The Morgan fingerprint density at radius 3 is 2.85 bits per heavy atom. The largest absolute Gasteiger partial charge is 0.380 e. The molecule has 0 saturated heterocycles. The second-order valence-corrected chi connectivity index (χ2v) is 7.09. The summed E-state index contributed by atoms with van der Waals surface area (Å²) < 4.78 is 10.4. The number of nitrogens with zero attached hydrogens (tertiary/aromatic N) is 4. The monoisotopic (exact) mass is 372 g/mol. The minimum Gasteiger partial charge on any atom is -0.380 e. The van der Waals surface area contributed by atoms with E-state index in [0.717, 1.165) is 10.2 Å². The van der Waals surface area contributed by atoms with Crippen LogP contribution in [0.2, 0.25) is 0 Å². The molecule has 0 saturated carbocycles. The zero-order valence-corrected chi connectivity index (χ0v) is 16.5. The summed E-state index contributed by atoms with van der Waals surface area (Å²) in [7, 11) is 0. The van der Waals surface area contributed by atoms with E-state index in [4.69, 9.17) is 4.74 Å². The summed E-state index contributed by atoms with van der Waals surface area (Å²) in [5.41, 5.74) is 4.00. The van der Waals surface area contributed by atoms with Gasteiger partial charge in [-0.05, 0) is 51.0 Å². The number of aryl methyl sites for hydroxylation is 3. The summed E-state index contributed by atoms with van der Waals surface area (Å²) in [6, 6.07) is 6.01. The van der Waals surface area contributed by atoms with Crippen molar-refractivity contribution in [2.45, 2.75) is 40.8 Å². The van der Waals surface area contributed by atoms with Crippen LogP contribution < -0.4 is 4.80 Å². The highest BCUT2D eigenvalue weighted by atomic mass is 32.1. The lowest BCUT2D eigenvalue weighted by Crippen LogP contribution is -2.20. The third kappa shape index (κ3) is 3.64. The second kappa shape index (κ2) is 7.97. The lowest BCUT2D eigenvalue weighted by molar-refractivity contribution is 0.0986. The number of benzene rings is 1. The number of rotatable bonds is 6. The van der Waals surface area contributed by atoms with E-state index in [1.165, 1.54) is 11.1 Å². The maximum Gasteiger partial charge on any atom is 0.297 e. The number of ether oxygens (including phenoxy) is 1. The van der Waals surface area contributed by atoms with E-state index in [1.807, 2.05) is 13.8 Å². The molecule has 1 amide bonds. The molecule has 2 aromatic heterocycles. The molecule has 0 spiro atoms. The fourth-order valence-electron chi connectivity index (χ4n) is 3.02. The molecule has 0 bridgehead atoms. The van der Waals surface area contributed by atoms with Gasteiger partial charge in [-0.25, -0.2) is 0 Å². The maximum absolute atomic E-state index is 12.7. The number of hydrogen-bond donors (Lipinski definition) is 0. The number of fused-ring (bicyclic) bond motifs is 1. The fourth-order valence-corrected chi connectivity index (χ4v) is 4.13. The number of amides is 1. The van der Waals surface area contributed by atoms with Crippen LogP contribution in [0.15, 0.2) is 29.4 Å². The molecule has 0 aliphatic carbocycles. The molecule has 0 aliphatic heterocycles. The van der Waals surface area contributed by atoms with Crippen LogP contribution in [0.1, 0.15) is 35.5 Å². The topological polar surface area (TPSA) is 61.4 Å². The van der Waals surface area contributed by atoms with Gasteiger partial charge in [0.2, 0.25) is 0 Å². The first-order valence-electron chi connectivity index (χ1n) is 8.84. The Kier molecular flexibility index (Phi) is 5.68. The highest BCUT2D eigenvalue weighted by Crippen LogP contribution is 2.23. The standard InChI is InChI=1S/C19H24N4O2S/c1-5-23-15(7-8-20-23)18(24)21-19-22(9-10-25-6-2)16-12-13(3)11-14(4)17(16)26-19/h7-8,11-12H,5-6,9-10H2,1-4H3. The van der Waals surface area contributed by atoms with Gasteiger partial charge in [0.05, 0.1) is 16.8 Å². The Morgan fingerprint density at radius 2 is 2.12 bits per heavy atom. The van der Waals surface area contributed by atoms with Crippen LogP contribution in [-0.2, 0) is 17.8 Å². The number of hydrogen-bond acceptors (Lipinski definition) is 4. The first kappa shape index (κ1) is 18.5. The normalized spacial score (nSPS) is 12.2. The first-order valence-corrected chi connectivity index (χ1v) is 9.66. The minimum absolute atomic E-state index is 0.268. The molecule has 26 heavy (non-hydrogen) atoms. The molecular formula is C19H24N4O2S. The van der Waals surface area contributed by atoms with Gasteiger partial charge in [-0.3, -0.25) is 9.48 Å². The maximum atomic E-state index is 12.7. The van der Waals surface area contributed by atoms with Crippen LogP contribution in [0, 0.1) is 13.8 Å². The van der Waals surface area contributed by atoms with Gasteiger partial charge in [-0.1, -0.05) is 17.4 Å². The van der Waals surface area contributed by atoms with E-state index in [2.05, 4.69) is 40.6 Å². The average molecular weight is 372 g/mol. The zero-order chi connectivity index (χ0) is 18.7. The van der Waals surface area contributed by atoms with E-state index >= 15 is 0 Å². The predicted octanol–water partition coefficient (Wildman–Crippen LogP) is 3.31. The SMILES string of the molecule is CCOCCn1c(=NC(=O)c2ccnn2CC)sc2c(C)cc(C)cc21. The number of carbonyl (C=O) groups excluding carboxylic acids is 1. The minimum atomic E-state index is -0.268. The molecule has 3 aromatic rings. The Hall–Kier alpha value is -2.25. The quantitative estimate of drug-likeness (QED) is 0.624. The summed E-state index contributed by atoms with van der Waals surface area (Å²) in [5, 5.41) is 4.16. The summed E-state index contributed by atoms with van der Waals surface area (Å²) in [4.78, 5) is 17.8. The van der Waals surface area contributed by atoms with E-state index in [9.17, 15) is 4.79 Å². The fraction of sp³-hybridized carbons (Fsp3) is 0.421. The van der Waals surface area contributed by atoms with Gasteiger partial charge >= 0.3 is 0 Å². The first-order chi connectivity index (χ1) is 12.5. The molecular weight excluding hydrogens is 348 g/mol. The number of carbonyl (C=O) groups is 1. The molecule has 6 nitrogen and oxygen atoms in total. The summed E-state index contributed by atoms with van der Waals surface area (Å²) >= 11 is 1.55. The van der Waals surface area contributed by atoms with Gasteiger partial charge in [0.25, 0.3) is 5.91 Å². The summed E-state index contributed by atoms with van der Waals surface area (Å²) in [6.45, 7) is 10.7. The van der Waals surface area contributed by atoms with Gasteiger partial charge < -0.3 is 9.30 Å². The molecule has 2 heterocycles. The molecule has 0 radical (unpaired) electrons. The third-order valence-electron chi connectivity index (χ3n) is 4.21. The van der Waals surface area contributed by atoms with Gasteiger partial charge in [-0.15, -0.1) is 0 Å². The van der Waals surface area contributed by atoms with Crippen molar-refractivity contribution in [1.82, 2.24) is 14.3 Å². The molecule has 0 fully saturated rings. The molecule has 0 unspecified atom stereocenters. The van der Waals surface area contributed by atoms with Crippen molar-refractivity contribution in [2.75, 3.05) is 13.2 Å². The molecule has 0 aliphatic rings. The van der Waals surface area contributed by atoms with Gasteiger partial charge in [-0.2, -0.15) is 10.1 Å². The van der Waals surface area contributed by atoms with Gasteiger partial charge in [0, 0.05) is 25.9 Å². The Balaban J connectivity index is 2.12. The van der Waals surface area contributed by atoms with Crippen LogP contribution in [0.3, 0.4) is 0 Å². The van der Waals surface area contributed by atoms with Crippen molar-refractivity contribution in [1.29, 1.82) is 0 Å². The van der Waals surface area contributed by atoms with Crippen LogP contribution in [-0.4, -0.2) is 33.5 Å². The van der Waals surface area contributed by atoms with Gasteiger partial charge in [0.15, 0.2) is 4.80 Å². The molecule has 3 rings (SSSR count). The summed E-state index contributed by atoms with van der Waals surface area (Å²) in [5.74, 6) is -0.268. The van der Waals surface area contributed by atoms with E-state index < -0.39 is 0 Å². The molecule has 138 valence electrons. The van der Waals surface area contributed by atoms with Crippen LogP contribution in [0.5, 0.6) is 0 Å². The van der Waals surface area contributed by atoms with E-state index in [0.29, 0.717) is 36.8 Å². The van der Waals surface area contributed by atoms with Crippen molar-refractivity contribution in [3.63, 3.8) is 0 Å². The van der Waals surface area contributed by atoms with Crippen molar-refractivity contribution in [2.24, 2.45) is 4.99 Å². The predicted molar refractivity (Wildman–Crippen MR) is 104 cm³/mol. The zero-order valence-electron chi connectivity index (χ0n) is 15.7.